The van der Waals surface area contributed by atoms with Crippen LogP contribution in [-0.2, 0) is 9.53 Å². The Kier molecular flexibility index (Phi) is 2.58. The van der Waals surface area contributed by atoms with E-state index >= 15 is 0 Å². The number of imidazole rings is 1. The zero-order chi connectivity index (χ0) is 10.8. The van der Waals surface area contributed by atoms with Crippen LogP contribution in [-0.4, -0.2) is 15.3 Å². The zero-order valence-electron chi connectivity index (χ0n) is 8.88. The third-order valence-electron chi connectivity index (χ3n) is 2.47. The standard InChI is InChI=1S/C11H14N2O2/c1-8(2)13-7-12-6-10(13)11-5-9(14)3-4-15-11/h3-4,6-8,11H,5H2,1-2H3. The monoisotopic (exact) mass is 206 g/mol. The second kappa shape index (κ2) is 3.88. The Morgan fingerprint density at radius 3 is 3.07 bits per heavy atom. The highest BCUT2D eigenvalue weighted by atomic mass is 16.5. The molecule has 0 aliphatic carbocycles. The lowest BCUT2D eigenvalue weighted by Gasteiger charge is -2.21. The number of aromatic nitrogens is 2. The third-order valence-corrected chi connectivity index (χ3v) is 2.47. The summed E-state index contributed by atoms with van der Waals surface area (Å²) in [5.74, 6) is 0.0998. The topological polar surface area (TPSA) is 44.1 Å². The molecule has 1 aromatic rings. The van der Waals surface area contributed by atoms with Gasteiger partial charge in [-0.05, 0) is 13.8 Å². The summed E-state index contributed by atoms with van der Waals surface area (Å²) in [6.45, 7) is 4.15. The maximum absolute atomic E-state index is 11.3. The van der Waals surface area contributed by atoms with Gasteiger partial charge < -0.3 is 9.30 Å². The minimum absolute atomic E-state index is 0.0998. The summed E-state index contributed by atoms with van der Waals surface area (Å²) < 4.78 is 7.45. The first kappa shape index (κ1) is 9.96. The van der Waals surface area contributed by atoms with E-state index in [1.165, 1.54) is 12.3 Å². The van der Waals surface area contributed by atoms with Crippen LogP contribution in [0.25, 0.3) is 0 Å². The van der Waals surface area contributed by atoms with Crippen molar-refractivity contribution in [2.24, 2.45) is 0 Å². The number of ketones is 1. The molecule has 1 unspecified atom stereocenters. The number of rotatable bonds is 2. The average molecular weight is 206 g/mol. The predicted molar refractivity (Wildman–Crippen MR) is 55.2 cm³/mol. The summed E-state index contributed by atoms with van der Waals surface area (Å²) in [6, 6.07) is 0.326. The molecule has 0 radical (unpaired) electrons. The predicted octanol–water partition coefficient (Wildman–Crippen LogP) is 2.01. The number of carbonyl (C=O) groups excluding carboxylic acids is 1. The molecule has 80 valence electrons. The van der Waals surface area contributed by atoms with Crippen molar-refractivity contribution < 1.29 is 9.53 Å². The summed E-state index contributed by atoms with van der Waals surface area (Å²) in [4.78, 5) is 15.3. The van der Waals surface area contributed by atoms with Crippen molar-refractivity contribution in [2.75, 3.05) is 0 Å². The van der Waals surface area contributed by atoms with Gasteiger partial charge in [0.1, 0.15) is 6.10 Å². The molecule has 4 nitrogen and oxygen atoms in total. The summed E-state index contributed by atoms with van der Waals surface area (Å²) in [5.41, 5.74) is 0.961. The number of nitrogens with zero attached hydrogens (tertiary/aromatic N) is 2. The number of hydrogen-bond acceptors (Lipinski definition) is 3. The molecule has 4 heteroatoms. The maximum atomic E-state index is 11.3. The van der Waals surface area contributed by atoms with Crippen LogP contribution in [0.5, 0.6) is 0 Å². The molecule has 0 N–H and O–H groups in total. The van der Waals surface area contributed by atoms with E-state index in [1.54, 1.807) is 12.5 Å². The van der Waals surface area contributed by atoms with Crippen LogP contribution < -0.4 is 0 Å². The summed E-state index contributed by atoms with van der Waals surface area (Å²) in [7, 11) is 0. The van der Waals surface area contributed by atoms with Crippen molar-refractivity contribution in [1.82, 2.24) is 9.55 Å². The van der Waals surface area contributed by atoms with Gasteiger partial charge >= 0.3 is 0 Å². The van der Waals surface area contributed by atoms with E-state index in [2.05, 4.69) is 18.8 Å². The minimum Gasteiger partial charge on any atom is -0.491 e. The van der Waals surface area contributed by atoms with Crippen LogP contribution in [0.1, 0.15) is 38.1 Å². The summed E-state index contributed by atoms with van der Waals surface area (Å²) in [6.07, 6.45) is 6.67. The molecule has 0 bridgehead atoms. The summed E-state index contributed by atoms with van der Waals surface area (Å²) in [5, 5.41) is 0. The third kappa shape index (κ3) is 1.93. The second-order valence-electron chi connectivity index (χ2n) is 3.92. The Hall–Kier alpha value is -1.58. The van der Waals surface area contributed by atoms with Gasteiger partial charge in [-0.1, -0.05) is 0 Å². The van der Waals surface area contributed by atoms with E-state index in [-0.39, 0.29) is 11.9 Å². The van der Waals surface area contributed by atoms with E-state index in [0.29, 0.717) is 12.5 Å². The van der Waals surface area contributed by atoms with E-state index in [0.717, 1.165) is 5.69 Å². The van der Waals surface area contributed by atoms with E-state index in [9.17, 15) is 4.79 Å². The molecule has 1 aromatic heterocycles. The van der Waals surface area contributed by atoms with Gasteiger partial charge in [-0.25, -0.2) is 4.98 Å². The van der Waals surface area contributed by atoms with E-state index in [1.807, 2.05) is 4.57 Å². The van der Waals surface area contributed by atoms with Crippen molar-refractivity contribution in [3.05, 3.63) is 30.6 Å². The van der Waals surface area contributed by atoms with Crippen LogP contribution >= 0.6 is 0 Å². The molecule has 1 aliphatic heterocycles. The van der Waals surface area contributed by atoms with Crippen molar-refractivity contribution in [3.63, 3.8) is 0 Å². The first-order valence-corrected chi connectivity index (χ1v) is 5.05. The molecular formula is C11H14N2O2. The molecule has 15 heavy (non-hydrogen) atoms. The van der Waals surface area contributed by atoms with Gasteiger partial charge in [0, 0.05) is 12.1 Å². The lowest BCUT2D eigenvalue weighted by atomic mass is 10.1. The molecule has 0 aromatic carbocycles. The number of hydrogen-bond donors (Lipinski definition) is 0. The number of carbonyl (C=O) groups is 1. The van der Waals surface area contributed by atoms with Crippen LogP contribution in [0.15, 0.2) is 24.9 Å². The largest absolute Gasteiger partial charge is 0.491 e. The molecule has 0 spiro atoms. The molecule has 2 rings (SSSR count). The van der Waals surface area contributed by atoms with Crippen LogP contribution in [0, 0.1) is 0 Å². The average Bonchev–Trinajstić information content (AvgIpc) is 2.65. The van der Waals surface area contributed by atoms with Gasteiger partial charge in [0.25, 0.3) is 0 Å². The normalized spacial score (nSPS) is 20.7. The van der Waals surface area contributed by atoms with Gasteiger partial charge in [0.2, 0.25) is 0 Å². The van der Waals surface area contributed by atoms with Gasteiger partial charge in [0.15, 0.2) is 5.78 Å². The molecule has 1 atom stereocenters. The van der Waals surface area contributed by atoms with Gasteiger partial charge in [-0.15, -0.1) is 0 Å². The summed E-state index contributed by atoms with van der Waals surface area (Å²) >= 11 is 0. The lowest BCUT2D eigenvalue weighted by molar-refractivity contribution is -0.118. The SMILES string of the molecule is CC(C)n1cncc1C1CC(=O)C=CO1. The Morgan fingerprint density at radius 1 is 1.60 bits per heavy atom. The first-order chi connectivity index (χ1) is 7.18. The van der Waals surface area contributed by atoms with Crippen molar-refractivity contribution >= 4 is 5.78 Å². The second-order valence-corrected chi connectivity index (χ2v) is 3.92. The Balaban J connectivity index is 2.26. The van der Waals surface area contributed by atoms with E-state index in [4.69, 9.17) is 4.74 Å². The molecule has 0 amide bonds. The van der Waals surface area contributed by atoms with Gasteiger partial charge in [-0.3, -0.25) is 4.79 Å². The van der Waals surface area contributed by atoms with Crippen LogP contribution in [0.3, 0.4) is 0 Å². The smallest absolute Gasteiger partial charge is 0.162 e. The molecule has 2 heterocycles. The van der Waals surface area contributed by atoms with Gasteiger partial charge in [0.05, 0.1) is 30.9 Å². The van der Waals surface area contributed by atoms with Crippen molar-refractivity contribution in [3.8, 4) is 0 Å². The Bertz CT molecular complexity index is 393. The maximum Gasteiger partial charge on any atom is 0.162 e. The lowest BCUT2D eigenvalue weighted by Crippen LogP contribution is -2.16. The quantitative estimate of drug-likeness (QED) is 0.743. The van der Waals surface area contributed by atoms with Crippen LogP contribution in [0.4, 0.5) is 0 Å². The fraction of sp³-hybridized carbons (Fsp3) is 0.455. The zero-order valence-corrected chi connectivity index (χ0v) is 8.88. The molecule has 0 saturated carbocycles. The highest BCUT2D eigenvalue weighted by molar-refractivity contribution is 5.90. The fourth-order valence-electron chi connectivity index (χ4n) is 1.68. The molecule has 0 saturated heterocycles. The highest BCUT2D eigenvalue weighted by Gasteiger charge is 2.22. The number of allylic oxidation sites excluding steroid dienone is 1. The molecule has 0 fully saturated rings. The van der Waals surface area contributed by atoms with Crippen molar-refractivity contribution in [1.29, 1.82) is 0 Å². The fourth-order valence-corrected chi connectivity index (χ4v) is 1.68. The van der Waals surface area contributed by atoms with E-state index < -0.39 is 0 Å². The molecular weight excluding hydrogens is 192 g/mol. The van der Waals surface area contributed by atoms with Crippen molar-refractivity contribution in [2.45, 2.75) is 32.4 Å². The first-order valence-electron chi connectivity index (χ1n) is 5.05. The Morgan fingerprint density at radius 2 is 2.40 bits per heavy atom. The Labute approximate surface area is 88.6 Å². The van der Waals surface area contributed by atoms with Crippen LogP contribution in [0.2, 0.25) is 0 Å². The highest BCUT2D eigenvalue weighted by Crippen LogP contribution is 2.26. The number of ether oxygens (including phenoxy) is 1. The molecule has 1 aliphatic rings. The van der Waals surface area contributed by atoms with Gasteiger partial charge in [-0.2, -0.15) is 0 Å². The minimum atomic E-state index is -0.188.